The quantitative estimate of drug-likeness (QED) is 0.770. The van der Waals surface area contributed by atoms with Crippen LogP contribution in [0.15, 0.2) is 29.3 Å². The number of tetrazole rings is 1. The van der Waals surface area contributed by atoms with Gasteiger partial charge in [0.25, 0.3) is 5.56 Å². The number of nitrogens with one attached hydrogen (secondary N) is 1. The van der Waals surface area contributed by atoms with Gasteiger partial charge >= 0.3 is 0 Å². The van der Waals surface area contributed by atoms with Crippen molar-refractivity contribution in [3.63, 3.8) is 0 Å². The van der Waals surface area contributed by atoms with Crippen molar-refractivity contribution in [1.29, 1.82) is 0 Å². The molecule has 0 saturated carbocycles. The van der Waals surface area contributed by atoms with Gasteiger partial charge < -0.3 is 0 Å². The predicted octanol–water partition coefficient (Wildman–Crippen LogP) is 1.22. The van der Waals surface area contributed by atoms with E-state index in [-0.39, 0.29) is 11.4 Å². The number of pyridine rings is 1. The minimum atomic E-state index is -0.185. The molecule has 0 atom stereocenters. The van der Waals surface area contributed by atoms with Crippen LogP contribution in [-0.4, -0.2) is 30.0 Å². The highest BCUT2D eigenvalue weighted by Gasteiger charge is 2.12. The van der Waals surface area contributed by atoms with E-state index >= 15 is 0 Å². The van der Waals surface area contributed by atoms with E-state index in [1.165, 1.54) is 10.6 Å². The Morgan fingerprint density at radius 2 is 2.30 bits per heavy atom. The van der Waals surface area contributed by atoms with Crippen LogP contribution in [0.25, 0.3) is 17.0 Å². The lowest BCUT2D eigenvalue weighted by Gasteiger charge is -2.06. The molecule has 3 aromatic rings. The Bertz CT molecular complexity index is 777. The van der Waals surface area contributed by atoms with Crippen LogP contribution in [0, 0.1) is 0 Å². The molecule has 0 aromatic carbocycles. The normalized spacial score (nSPS) is 11.1. The molecule has 0 aliphatic carbocycles. The van der Waals surface area contributed by atoms with Crippen molar-refractivity contribution in [1.82, 2.24) is 30.0 Å². The molecular formula is C13H14N6O. The van der Waals surface area contributed by atoms with Gasteiger partial charge in [-0.15, -0.1) is 10.2 Å². The van der Waals surface area contributed by atoms with Crippen molar-refractivity contribution < 1.29 is 0 Å². The zero-order chi connectivity index (χ0) is 13.9. The fourth-order valence-electron chi connectivity index (χ4n) is 2.16. The molecule has 0 amide bonds. The van der Waals surface area contributed by atoms with Gasteiger partial charge in [-0.2, -0.15) is 5.21 Å². The molecule has 0 aliphatic rings. The summed E-state index contributed by atoms with van der Waals surface area (Å²) in [6.07, 6.45) is 6.31. The predicted molar refractivity (Wildman–Crippen MR) is 73.2 cm³/mol. The summed E-state index contributed by atoms with van der Waals surface area (Å²) < 4.78 is 1.54. The summed E-state index contributed by atoms with van der Waals surface area (Å²) in [5, 5.41) is 13.5. The summed E-state index contributed by atoms with van der Waals surface area (Å²) in [5.41, 5.74) is 1.92. The van der Waals surface area contributed by atoms with Crippen molar-refractivity contribution in [2.75, 3.05) is 0 Å². The third kappa shape index (κ3) is 2.07. The second-order valence-electron chi connectivity index (χ2n) is 4.54. The lowest BCUT2D eigenvalue weighted by molar-refractivity contribution is 0.792. The number of fused-ring (bicyclic) bond motifs is 1. The molecule has 7 nitrogen and oxygen atoms in total. The summed E-state index contributed by atoms with van der Waals surface area (Å²) in [7, 11) is 0. The van der Waals surface area contributed by atoms with E-state index in [0.717, 1.165) is 24.8 Å². The van der Waals surface area contributed by atoms with Crippen molar-refractivity contribution in [3.05, 3.63) is 40.4 Å². The van der Waals surface area contributed by atoms with Gasteiger partial charge in [-0.3, -0.25) is 9.20 Å². The molecule has 0 bridgehead atoms. The smallest absolute Gasteiger partial charge is 0.268 e. The van der Waals surface area contributed by atoms with Crippen molar-refractivity contribution in [3.8, 4) is 11.4 Å². The fraction of sp³-hybridized carbons (Fsp3) is 0.308. The van der Waals surface area contributed by atoms with Gasteiger partial charge in [-0.1, -0.05) is 19.4 Å². The first-order valence-electron chi connectivity index (χ1n) is 6.54. The SMILES string of the molecule is CCCCc1cccn2c(=O)c(-c3nn[nH]n3)cnc12. The number of hydrogen-bond acceptors (Lipinski definition) is 5. The molecule has 0 fully saturated rings. The molecule has 3 heterocycles. The molecule has 3 rings (SSSR count). The zero-order valence-electron chi connectivity index (χ0n) is 11.1. The largest absolute Gasteiger partial charge is 0.269 e. The number of rotatable bonds is 4. The number of unbranched alkanes of at least 4 members (excludes halogenated alkanes) is 1. The molecule has 7 heteroatoms. The summed E-state index contributed by atoms with van der Waals surface area (Å²) in [6, 6.07) is 3.87. The minimum Gasteiger partial charge on any atom is -0.268 e. The van der Waals surface area contributed by atoms with Crippen molar-refractivity contribution >= 4 is 5.65 Å². The number of hydrogen-bond donors (Lipinski definition) is 1. The van der Waals surface area contributed by atoms with Crippen LogP contribution >= 0.6 is 0 Å². The van der Waals surface area contributed by atoms with Gasteiger partial charge in [0.2, 0.25) is 5.82 Å². The molecule has 1 N–H and O–H groups in total. The van der Waals surface area contributed by atoms with Gasteiger partial charge in [0.15, 0.2) is 0 Å². The Morgan fingerprint density at radius 1 is 1.40 bits per heavy atom. The highest BCUT2D eigenvalue weighted by atomic mass is 16.1. The van der Waals surface area contributed by atoms with E-state index in [4.69, 9.17) is 0 Å². The standard InChI is InChI=1S/C13H14N6O/c1-2-3-5-9-6-4-7-19-12(9)14-8-10(13(19)20)11-15-17-18-16-11/h4,6-8H,2-3,5H2,1H3,(H,15,16,17,18). The van der Waals surface area contributed by atoms with Crippen molar-refractivity contribution in [2.24, 2.45) is 0 Å². The summed E-state index contributed by atoms with van der Waals surface area (Å²) in [5.74, 6) is 0.260. The Kier molecular flexibility index (Phi) is 3.24. The number of aromatic nitrogens is 6. The maximum Gasteiger partial charge on any atom is 0.269 e. The molecule has 0 unspecified atom stereocenters. The second kappa shape index (κ2) is 5.20. The van der Waals surface area contributed by atoms with Crippen LogP contribution in [-0.2, 0) is 6.42 Å². The Labute approximate surface area is 114 Å². The molecule has 0 saturated heterocycles. The highest BCUT2D eigenvalue weighted by molar-refractivity contribution is 5.56. The van der Waals surface area contributed by atoms with Crippen LogP contribution < -0.4 is 5.56 Å². The third-order valence-corrected chi connectivity index (χ3v) is 3.20. The van der Waals surface area contributed by atoms with Gasteiger partial charge in [-0.25, -0.2) is 4.98 Å². The Morgan fingerprint density at radius 3 is 3.05 bits per heavy atom. The number of nitrogens with zero attached hydrogens (tertiary/aromatic N) is 5. The number of aromatic amines is 1. The van der Waals surface area contributed by atoms with Gasteiger partial charge in [0.05, 0.1) is 0 Å². The minimum absolute atomic E-state index is 0.185. The average Bonchev–Trinajstić information content (AvgIpc) is 2.99. The lowest BCUT2D eigenvalue weighted by Crippen LogP contribution is -2.18. The van der Waals surface area contributed by atoms with Gasteiger partial charge in [-0.05, 0) is 29.7 Å². The van der Waals surface area contributed by atoms with E-state index in [1.807, 2.05) is 12.1 Å². The molecule has 0 radical (unpaired) electrons. The van der Waals surface area contributed by atoms with Gasteiger partial charge in [0.1, 0.15) is 11.2 Å². The van der Waals surface area contributed by atoms with Crippen LogP contribution in [0.1, 0.15) is 25.3 Å². The van der Waals surface area contributed by atoms with E-state index in [0.29, 0.717) is 11.2 Å². The summed E-state index contributed by atoms with van der Waals surface area (Å²) >= 11 is 0. The van der Waals surface area contributed by atoms with E-state index in [9.17, 15) is 4.79 Å². The molecule has 0 spiro atoms. The maximum atomic E-state index is 12.5. The Hall–Kier alpha value is -2.57. The topological polar surface area (TPSA) is 88.8 Å². The molecule has 20 heavy (non-hydrogen) atoms. The summed E-state index contributed by atoms with van der Waals surface area (Å²) in [6.45, 7) is 2.14. The van der Waals surface area contributed by atoms with Crippen LogP contribution in [0.4, 0.5) is 0 Å². The zero-order valence-corrected chi connectivity index (χ0v) is 11.1. The molecule has 102 valence electrons. The molecular weight excluding hydrogens is 256 g/mol. The third-order valence-electron chi connectivity index (χ3n) is 3.20. The second-order valence-corrected chi connectivity index (χ2v) is 4.54. The first-order valence-corrected chi connectivity index (χ1v) is 6.54. The first-order chi connectivity index (χ1) is 9.81. The van der Waals surface area contributed by atoms with Crippen LogP contribution in [0.2, 0.25) is 0 Å². The summed E-state index contributed by atoms with van der Waals surface area (Å²) in [4.78, 5) is 16.8. The number of H-pyrrole nitrogens is 1. The van der Waals surface area contributed by atoms with Crippen LogP contribution in [0.3, 0.4) is 0 Å². The van der Waals surface area contributed by atoms with E-state index in [2.05, 4.69) is 32.5 Å². The van der Waals surface area contributed by atoms with Crippen LogP contribution in [0.5, 0.6) is 0 Å². The first kappa shape index (κ1) is 12.5. The fourth-order valence-corrected chi connectivity index (χ4v) is 2.16. The lowest BCUT2D eigenvalue weighted by atomic mass is 10.1. The molecule has 3 aromatic heterocycles. The Balaban J connectivity index is 2.17. The molecule has 0 aliphatic heterocycles. The van der Waals surface area contributed by atoms with Crippen molar-refractivity contribution in [2.45, 2.75) is 26.2 Å². The average molecular weight is 270 g/mol. The van der Waals surface area contributed by atoms with E-state index < -0.39 is 0 Å². The van der Waals surface area contributed by atoms with Gasteiger partial charge in [0, 0.05) is 12.4 Å². The number of aryl methyl sites for hydroxylation is 1. The highest BCUT2D eigenvalue weighted by Crippen LogP contribution is 2.13. The van der Waals surface area contributed by atoms with E-state index in [1.54, 1.807) is 6.20 Å². The monoisotopic (exact) mass is 270 g/mol. The maximum absolute atomic E-state index is 12.5.